The summed E-state index contributed by atoms with van der Waals surface area (Å²) in [6.45, 7) is 1.56. The molecular weight excluding hydrogens is 314 g/mol. The van der Waals surface area contributed by atoms with Gasteiger partial charge in [-0.3, -0.25) is 4.79 Å². The van der Waals surface area contributed by atoms with Gasteiger partial charge < -0.3 is 4.90 Å². The average Bonchev–Trinajstić information content (AvgIpc) is 3.01. The topological polar surface area (TPSA) is 81.5 Å². The molecule has 1 atom stereocenters. The predicted octanol–water partition coefficient (Wildman–Crippen LogP) is 1.33. The lowest BCUT2D eigenvalue weighted by Crippen LogP contribution is -2.50. The van der Waals surface area contributed by atoms with Gasteiger partial charge in [0.2, 0.25) is 15.9 Å². The van der Waals surface area contributed by atoms with E-state index in [2.05, 4.69) is 0 Å². The van der Waals surface area contributed by atoms with Gasteiger partial charge in [-0.25, -0.2) is 8.42 Å². The Labute approximate surface area is 136 Å². The van der Waals surface area contributed by atoms with Crippen LogP contribution in [0.4, 0.5) is 0 Å². The van der Waals surface area contributed by atoms with Gasteiger partial charge in [-0.2, -0.15) is 9.57 Å². The molecule has 3 rings (SSSR count). The van der Waals surface area contributed by atoms with Crippen LogP contribution in [-0.2, 0) is 14.8 Å². The first kappa shape index (κ1) is 16.0. The predicted molar refractivity (Wildman–Crippen MR) is 83.9 cm³/mol. The summed E-state index contributed by atoms with van der Waals surface area (Å²) in [6, 6.07) is 7.93. The SMILES string of the molecule is N#Cc1ccc(S(=O)(=O)N2CCC[C@@H](N3CCCC3=O)C2)cc1. The number of piperidine rings is 1. The van der Waals surface area contributed by atoms with Crippen LogP contribution in [0.1, 0.15) is 31.2 Å². The number of carbonyl (C=O) groups is 1. The first-order chi connectivity index (χ1) is 11.0. The van der Waals surface area contributed by atoms with Crippen LogP contribution in [0.3, 0.4) is 0 Å². The molecule has 2 aliphatic heterocycles. The van der Waals surface area contributed by atoms with Crippen molar-refractivity contribution in [2.24, 2.45) is 0 Å². The van der Waals surface area contributed by atoms with Gasteiger partial charge in [0, 0.05) is 32.1 Å². The summed E-state index contributed by atoms with van der Waals surface area (Å²) in [4.78, 5) is 13.9. The zero-order valence-corrected chi connectivity index (χ0v) is 13.6. The van der Waals surface area contributed by atoms with Crippen LogP contribution < -0.4 is 0 Å². The van der Waals surface area contributed by atoms with Crippen molar-refractivity contribution in [3.05, 3.63) is 29.8 Å². The molecule has 0 unspecified atom stereocenters. The van der Waals surface area contributed by atoms with E-state index in [4.69, 9.17) is 5.26 Å². The highest BCUT2D eigenvalue weighted by Gasteiger charge is 2.35. The molecule has 1 aromatic carbocycles. The van der Waals surface area contributed by atoms with Crippen molar-refractivity contribution in [2.75, 3.05) is 19.6 Å². The molecule has 0 aliphatic carbocycles. The number of nitriles is 1. The number of rotatable bonds is 3. The van der Waals surface area contributed by atoms with Gasteiger partial charge in [-0.15, -0.1) is 0 Å². The molecule has 0 saturated carbocycles. The van der Waals surface area contributed by atoms with E-state index >= 15 is 0 Å². The third kappa shape index (κ3) is 3.09. The van der Waals surface area contributed by atoms with E-state index in [-0.39, 0.29) is 16.8 Å². The molecule has 1 amide bonds. The van der Waals surface area contributed by atoms with E-state index in [0.29, 0.717) is 25.1 Å². The maximum Gasteiger partial charge on any atom is 0.243 e. The largest absolute Gasteiger partial charge is 0.338 e. The van der Waals surface area contributed by atoms with E-state index in [1.807, 2.05) is 11.0 Å². The van der Waals surface area contributed by atoms with Gasteiger partial charge in [-0.05, 0) is 43.5 Å². The standard InChI is InChI=1S/C16H19N3O3S/c17-11-13-5-7-15(8-6-13)23(21,22)18-9-1-3-14(12-18)19-10-2-4-16(19)20/h5-8,14H,1-4,9-10,12H2/t14-/m1/s1. The lowest BCUT2D eigenvalue weighted by molar-refractivity contribution is -0.130. The molecular formula is C16H19N3O3S. The van der Waals surface area contributed by atoms with Crippen molar-refractivity contribution in [3.63, 3.8) is 0 Å². The molecule has 0 N–H and O–H groups in total. The summed E-state index contributed by atoms with van der Waals surface area (Å²) in [5, 5.41) is 8.81. The Hall–Kier alpha value is -1.91. The Kier molecular flexibility index (Phi) is 4.37. The number of likely N-dealkylation sites (tertiary alicyclic amines) is 1. The fourth-order valence-corrected chi connectivity index (χ4v) is 4.82. The van der Waals surface area contributed by atoms with Crippen LogP contribution in [0.15, 0.2) is 29.2 Å². The van der Waals surface area contributed by atoms with Crippen LogP contribution in [0, 0.1) is 11.3 Å². The highest BCUT2D eigenvalue weighted by Crippen LogP contribution is 2.25. The second kappa shape index (κ2) is 6.30. The van der Waals surface area contributed by atoms with E-state index in [9.17, 15) is 13.2 Å². The number of benzene rings is 1. The second-order valence-corrected chi connectivity index (χ2v) is 7.92. The maximum absolute atomic E-state index is 12.8. The van der Waals surface area contributed by atoms with E-state index in [1.165, 1.54) is 28.6 Å². The van der Waals surface area contributed by atoms with Crippen molar-refractivity contribution in [3.8, 4) is 6.07 Å². The zero-order valence-electron chi connectivity index (χ0n) is 12.8. The first-order valence-corrected chi connectivity index (χ1v) is 9.26. The molecule has 2 fully saturated rings. The van der Waals surface area contributed by atoms with Crippen LogP contribution in [0.5, 0.6) is 0 Å². The van der Waals surface area contributed by atoms with Crippen LogP contribution in [0.25, 0.3) is 0 Å². The second-order valence-electron chi connectivity index (χ2n) is 5.99. The van der Waals surface area contributed by atoms with Gasteiger partial charge in [0.05, 0.1) is 16.5 Å². The van der Waals surface area contributed by atoms with Crippen molar-refractivity contribution in [2.45, 2.75) is 36.6 Å². The molecule has 2 saturated heterocycles. The molecule has 0 aromatic heterocycles. The number of hydrogen-bond donors (Lipinski definition) is 0. The molecule has 1 aromatic rings. The lowest BCUT2D eigenvalue weighted by Gasteiger charge is -2.36. The molecule has 7 heteroatoms. The van der Waals surface area contributed by atoms with Gasteiger partial charge in [0.25, 0.3) is 0 Å². The van der Waals surface area contributed by atoms with Gasteiger partial charge in [0.15, 0.2) is 0 Å². The Morgan fingerprint density at radius 1 is 1.13 bits per heavy atom. The Balaban J connectivity index is 1.79. The zero-order chi connectivity index (χ0) is 16.4. The quantitative estimate of drug-likeness (QED) is 0.836. The molecule has 23 heavy (non-hydrogen) atoms. The molecule has 2 heterocycles. The third-order valence-electron chi connectivity index (χ3n) is 4.53. The molecule has 6 nitrogen and oxygen atoms in total. The fourth-order valence-electron chi connectivity index (χ4n) is 3.30. The van der Waals surface area contributed by atoms with Crippen LogP contribution in [-0.4, -0.2) is 49.2 Å². The molecule has 0 radical (unpaired) electrons. The van der Waals surface area contributed by atoms with Crippen molar-refractivity contribution in [1.29, 1.82) is 5.26 Å². The third-order valence-corrected chi connectivity index (χ3v) is 6.41. The fraction of sp³-hybridized carbons (Fsp3) is 0.500. The summed E-state index contributed by atoms with van der Waals surface area (Å²) >= 11 is 0. The Bertz CT molecular complexity index is 737. The number of carbonyl (C=O) groups excluding carboxylic acids is 1. The highest BCUT2D eigenvalue weighted by atomic mass is 32.2. The van der Waals surface area contributed by atoms with Gasteiger partial charge in [-0.1, -0.05) is 0 Å². The summed E-state index contributed by atoms with van der Waals surface area (Å²) in [6.07, 6.45) is 3.03. The number of nitrogens with zero attached hydrogens (tertiary/aromatic N) is 3. The highest BCUT2D eigenvalue weighted by molar-refractivity contribution is 7.89. The Morgan fingerprint density at radius 2 is 1.87 bits per heavy atom. The van der Waals surface area contributed by atoms with E-state index in [1.54, 1.807) is 0 Å². The minimum atomic E-state index is -3.58. The molecule has 0 bridgehead atoms. The van der Waals surface area contributed by atoms with E-state index < -0.39 is 10.0 Å². The number of sulfonamides is 1. The normalized spacial score (nSPS) is 23.0. The summed E-state index contributed by atoms with van der Waals surface area (Å²) in [5.74, 6) is 0.132. The summed E-state index contributed by atoms with van der Waals surface area (Å²) in [5.41, 5.74) is 0.433. The molecule has 2 aliphatic rings. The summed E-state index contributed by atoms with van der Waals surface area (Å²) in [7, 11) is -3.58. The van der Waals surface area contributed by atoms with Gasteiger partial charge >= 0.3 is 0 Å². The van der Waals surface area contributed by atoms with Crippen molar-refractivity contribution < 1.29 is 13.2 Å². The van der Waals surface area contributed by atoms with Crippen molar-refractivity contribution >= 4 is 15.9 Å². The molecule has 122 valence electrons. The minimum absolute atomic E-state index is 0.0214. The monoisotopic (exact) mass is 333 g/mol. The first-order valence-electron chi connectivity index (χ1n) is 7.82. The smallest absolute Gasteiger partial charge is 0.243 e. The lowest BCUT2D eigenvalue weighted by atomic mass is 10.1. The number of hydrogen-bond acceptors (Lipinski definition) is 4. The van der Waals surface area contributed by atoms with E-state index in [0.717, 1.165) is 25.8 Å². The van der Waals surface area contributed by atoms with Gasteiger partial charge in [0.1, 0.15) is 0 Å². The molecule has 0 spiro atoms. The Morgan fingerprint density at radius 3 is 2.48 bits per heavy atom. The van der Waals surface area contributed by atoms with Crippen LogP contribution in [0.2, 0.25) is 0 Å². The number of amides is 1. The minimum Gasteiger partial charge on any atom is -0.338 e. The maximum atomic E-state index is 12.8. The van der Waals surface area contributed by atoms with Crippen LogP contribution >= 0.6 is 0 Å². The average molecular weight is 333 g/mol. The summed E-state index contributed by atoms with van der Waals surface area (Å²) < 4.78 is 27.0. The van der Waals surface area contributed by atoms with Crippen molar-refractivity contribution in [1.82, 2.24) is 9.21 Å².